The average Bonchev–Trinajstić information content (AvgIpc) is 2.70. The molecule has 0 fully saturated rings. The fraction of sp³-hybridized carbons (Fsp3) is 0.520. The molecule has 0 saturated heterocycles. The normalized spacial score (nSPS) is 17.5. The minimum Gasteiger partial charge on any atom is -0.394 e. The van der Waals surface area contributed by atoms with Gasteiger partial charge in [-0.25, -0.2) is 0 Å². The number of fused-ring (bicyclic) bond motifs is 2. The summed E-state index contributed by atoms with van der Waals surface area (Å²) in [5.41, 5.74) is 10.2. The molecule has 2 bridgehead atoms. The van der Waals surface area contributed by atoms with Gasteiger partial charge in [0.15, 0.2) is 0 Å². The molecule has 0 spiro atoms. The Hall–Kier alpha value is -2.60. The van der Waals surface area contributed by atoms with Crippen molar-refractivity contribution in [1.82, 2.24) is 5.43 Å². The third-order valence-corrected chi connectivity index (χ3v) is 5.21. The predicted octanol–water partition coefficient (Wildman–Crippen LogP) is 5.00. The monoisotopic (exact) mass is 426 g/mol. The number of benzene rings is 1. The van der Waals surface area contributed by atoms with Gasteiger partial charge in [-0.05, 0) is 89.6 Å². The number of rotatable bonds is 6. The van der Waals surface area contributed by atoms with E-state index in [1.807, 2.05) is 20.0 Å². The Morgan fingerprint density at radius 2 is 2.00 bits per heavy atom. The van der Waals surface area contributed by atoms with Gasteiger partial charge in [0.05, 0.1) is 11.4 Å². The Morgan fingerprint density at radius 1 is 1.29 bits per heavy atom. The van der Waals surface area contributed by atoms with Crippen LogP contribution in [0.1, 0.15) is 71.4 Å². The lowest BCUT2D eigenvalue weighted by molar-refractivity contribution is -0.111. The van der Waals surface area contributed by atoms with Crippen LogP contribution in [0, 0.1) is 6.92 Å². The van der Waals surface area contributed by atoms with Gasteiger partial charge in [0.1, 0.15) is 6.29 Å². The van der Waals surface area contributed by atoms with E-state index in [-0.39, 0.29) is 6.10 Å². The van der Waals surface area contributed by atoms with Crippen molar-refractivity contribution in [1.29, 1.82) is 0 Å². The molecule has 0 radical (unpaired) electrons. The lowest BCUT2D eigenvalue weighted by atomic mass is 9.84. The zero-order valence-corrected chi connectivity index (χ0v) is 19.8. The third-order valence-electron chi connectivity index (χ3n) is 5.21. The van der Waals surface area contributed by atoms with Crippen LogP contribution in [-0.4, -0.2) is 29.8 Å². The number of aldehydes is 1. The first-order valence-electron chi connectivity index (χ1n) is 11.2. The standard InChI is InChI=1S/C22H30N4O.C3H8O/c1-5-23-20-10-15(2)19(12-17(20)22(3,4)14-27)25-18-9-7-6-8-16-11-21(18)26-24-13-16;1-3(2)4/h9-10,12-14,23-25H,5-8,11H2,1-4H3;3-4H,1-2H3/b18-9+;. The van der Waals surface area contributed by atoms with Crippen LogP contribution in [-0.2, 0) is 10.2 Å². The third kappa shape index (κ3) is 6.96. The second-order valence-electron chi connectivity index (χ2n) is 8.98. The Labute approximate surface area is 186 Å². The van der Waals surface area contributed by atoms with E-state index < -0.39 is 5.41 Å². The first-order valence-corrected chi connectivity index (χ1v) is 11.2. The van der Waals surface area contributed by atoms with Crippen molar-refractivity contribution in [2.45, 2.75) is 78.7 Å². The number of aliphatic hydroxyl groups is 1. The molecule has 1 heterocycles. The van der Waals surface area contributed by atoms with E-state index in [9.17, 15) is 4.79 Å². The topological polar surface area (TPSA) is 85.8 Å². The van der Waals surface area contributed by atoms with Crippen LogP contribution in [0.25, 0.3) is 0 Å². The molecule has 4 N–H and O–H groups in total. The van der Waals surface area contributed by atoms with Crippen LogP contribution in [0.5, 0.6) is 0 Å². The number of hydrazone groups is 1. The number of allylic oxidation sites excluding steroid dienone is 3. The van der Waals surface area contributed by atoms with Crippen LogP contribution in [0.3, 0.4) is 0 Å². The van der Waals surface area contributed by atoms with E-state index >= 15 is 0 Å². The molecule has 3 rings (SSSR count). The van der Waals surface area contributed by atoms with Crippen LogP contribution in [0.15, 0.2) is 40.8 Å². The lowest BCUT2D eigenvalue weighted by Crippen LogP contribution is -2.23. The first-order chi connectivity index (χ1) is 14.7. The molecule has 2 aliphatic rings. The first kappa shape index (κ1) is 24.7. The molecule has 1 aromatic carbocycles. The molecule has 0 atom stereocenters. The summed E-state index contributed by atoms with van der Waals surface area (Å²) >= 11 is 0. The van der Waals surface area contributed by atoms with Gasteiger partial charge in [-0.15, -0.1) is 0 Å². The molecule has 1 aliphatic heterocycles. The molecule has 6 heteroatoms. The van der Waals surface area contributed by atoms with Gasteiger partial charge in [-0.2, -0.15) is 5.10 Å². The van der Waals surface area contributed by atoms with Crippen molar-refractivity contribution in [3.63, 3.8) is 0 Å². The highest BCUT2D eigenvalue weighted by Crippen LogP contribution is 2.34. The largest absolute Gasteiger partial charge is 0.394 e. The number of hydrogen-bond acceptors (Lipinski definition) is 6. The van der Waals surface area contributed by atoms with Crippen molar-refractivity contribution < 1.29 is 9.90 Å². The van der Waals surface area contributed by atoms with Crippen LogP contribution < -0.4 is 16.1 Å². The van der Waals surface area contributed by atoms with Crippen molar-refractivity contribution >= 4 is 23.4 Å². The van der Waals surface area contributed by atoms with Crippen LogP contribution in [0.4, 0.5) is 11.4 Å². The van der Waals surface area contributed by atoms with E-state index in [0.717, 1.165) is 72.4 Å². The van der Waals surface area contributed by atoms with Gasteiger partial charge in [0.25, 0.3) is 0 Å². The number of anilines is 2. The quantitative estimate of drug-likeness (QED) is 0.481. The van der Waals surface area contributed by atoms with Crippen LogP contribution in [0.2, 0.25) is 0 Å². The molecular weight excluding hydrogens is 388 g/mol. The zero-order chi connectivity index (χ0) is 23.0. The van der Waals surface area contributed by atoms with E-state index in [1.54, 1.807) is 13.8 Å². The fourth-order valence-corrected chi connectivity index (χ4v) is 3.56. The Kier molecular flexibility index (Phi) is 8.87. The van der Waals surface area contributed by atoms with Gasteiger partial charge >= 0.3 is 0 Å². The average molecular weight is 427 g/mol. The van der Waals surface area contributed by atoms with Gasteiger partial charge < -0.3 is 20.5 Å². The molecule has 0 saturated carbocycles. The molecule has 0 amide bonds. The number of nitrogens with one attached hydrogen (secondary N) is 3. The van der Waals surface area contributed by atoms with Crippen LogP contribution >= 0.6 is 0 Å². The van der Waals surface area contributed by atoms with E-state index in [2.05, 4.69) is 53.2 Å². The fourth-order valence-electron chi connectivity index (χ4n) is 3.56. The summed E-state index contributed by atoms with van der Waals surface area (Å²) in [5, 5.41) is 19.5. The SMILES string of the molecule is CC(C)O.CCNc1cc(C)c(N/C2=C/CCCC3=CNN=C2C3)cc1C(C)(C)C=O. The molecule has 1 aromatic rings. The maximum atomic E-state index is 11.7. The van der Waals surface area contributed by atoms with Gasteiger partial charge in [-0.1, -0.05) is 6.08 Å². The minimum atomic E-state index is -0.559. The minimum absolute atomic E-state index is 0.167. The van der Waals surface area contributed by atoms with Crippen molar-refractivity contribution in [3.05, 3.63) is 46.8 Å². The van der Waals surface area contributed by atoms with Gasteiger partial charge in [0, 0.05) is 42.1 Å². The number of carbonyl (C=O) groups is 1. The Balaban J connectivity index is 0.000000785. The van der Waals surface area contributed by atoms with Crippen molar-refractivity contribution in [2.24, 2.45) is 5.10 Å². The predicted molar refractivity (Wildman–Crippen MR) is 131 cm³/mol. The summed E-state index contributed by atoms with van der Waals surface area (Å²) < 4.78 is 0. The highest BCUT2D eigenvalue weighted by molar-refractivity contribution is 6.04. The lowest BCUT2D eigenvalue weighted by Gasteiger charge is -2.26. The molecule has 31 heavy (non-hydrogen) atoms. The van der Waals surface area contributed by atoms with E-state index in [1.165, 1.54) is 5.57 Å². The Bertz CT molecular complexity index is 864. The van der Waals surface area contributed by atoms with Crippen molar-refractivity contribution in [3.8, 4) is 0 Å². The smallest absolute Gasteiger partial charge is 0.130 e. The number of aryl methyl sites for hydroxylation is 1. The number of aliphatic hydroxyl groups excluding tert-OH is 1. The molecule has 0 aromatic heterocycles. The van der Waals surface area contributed by atoms with Gasteiger partial charge in [-0.3, -0.25) is 5.43 Å². The summed E-state index contributed by atoms with van der Waals surface area (Å²) in [7, 11) is 0. The summed E-state index contributed by atoms with van der Waals surface area (Å²) in [5.74, 6) is 0. The van der Waals surface area contributed by atoms with E-state index in [0.29, 0.717) is 0 Å². The second-order valence-corrected chi connectivity index (χ2v) is 8.98. The summed E-state index contributed by atoms with van der Waals surface area (Å²) in [4.78, 5) is 11.7. The number of carbonyl (C=O) groups excluding carboxylic acids is 1. The highest BCUT2D eigenvalue weighted by Gasteiger charge is 2.25. The molecule has 6 nitrogen and oxygen atoms in total. The maximum Gasteiger partial charge on any atom is 0.130 e. The second kappa shape index (κ2) is 11.1. The van der Waals surface area contributed by atoms with Gasteiger partial charge in [0.2, 0.25) is 0 Å². The maximum absolute atomic E-state index is 11.7. The molecule has 170 valence electrons. The Morgan fingerprint density at radius 3 is 2.65 bits per heavy atom. The number of nitrogens with zero attached hydrogens (tertiary/aromatic N) is 1. The highest BCUT2D eigenvalue weighted by atomic mass is 16.3. The zero-order valence-electron chi connectivity index (χ0n) is 19.8. The summed E-state index contributed by atoms with van der Waals surface area (Å²) in [6.07, 6.45) is 9.28. The summed E-state index contributed by atoms with van der Waals surface area (Å²) in [6.45, 7) is 12.3. The van der Waals surface area contributed by atoms with E-state index in [4.69, 9.17) is 5.11 Å². The molecule has 1 aliphatic carbocycles. The van der Waals surface area contributed by atoms with Crippen molar-refractivity contribution in [2.75, 3.05) is 17.2 Å². The molecule has 0 unspecified atom stereocenters. The summed E-state index contributed by atoms with van der Waals surface area (Å²) in [6, 6.07) is 4.23. The molecular formula is C25H38N4O2. The number of hydrogen-bond donors (Lipinski definition) is 4.